The van der Waals surface area contributed by atoms with E-state index in [-0.39, 0.29) is 5.54 Å². The minimum Gasteiger partial charge on any atom is -0.341 e. The topological polar surface area (TPSA) is 41.1 Å². The Labute approximate surface area is 130 Å². The summed E-state index contributed by atoms with van der Waals surface area (Å²) in [7, 11) is 0. The number of rotatable bonds is 8. The van der Waals surface area contributed by atoms with Crippen molar-refractivity contribution < 1.29 is 0 Å². The Bertz CT molecular complexity index is 390. The monoisotopic (exact) mass is 292 g/mol. The van der Waals surface area contributed by atoms with Gasteiger partial charge < -0.3 is 10.2 Å². The van der Waals surface area contributed by atoms with E-state index in [1.807, 2.05) is 12.4 Å². The van der Waals surface area contributed by atoms with E-state index in [1.54, 1.807) is 0 Å². The van der Waals surface area contributed by atoms with Crippen LogP contribution in [0.1, 0.15) is 59.9 Å². The van der Waals surface area contributed by atoms with Gasteiger partial charge in [-0.3, -0.25) is 0 Å². The van der Waals surface area contributed by atoms with E-state index < -0.39 is 0 Å². The third-order valence-electron chi connectivity index (χ3n) is 3.81. The molecule has 0 atom stereocenters. The average Bonchev–Trinajstić information content (AvgIpc) is 2.46. The van der Waals surface area contributed by atoms with Crippen molar-refractivity contribution in [3.63, 3.8) is 0 Å². The highest BCUT2D eigenvalue weighted by atomic mass is 15.2. The fraction of sp³-hybridized carbons (Fsp3) is 0.765. The fourth-order valence-corrected chi connectivity index (χ4v) is 2.18. The molecule has 0 unspecified atom stereocenters. The summed E-state index contributed by atoms with van der Waals surface area (Å²) in [6.07, 6.45) is 6.30. The van der Waals surface area contributed by atoms with Gasteiger partial charge in [-0.1, -0.05) is 26.7 Å². The van der Waals surface area contributed by atoms with Gasteiger partial charge in [-0.25, -0.2) is 9.97 Å². The minimum absolute atomic E-state index is 0.115. The molecule has 1 aromatic heterocycles. The molecule has 0 fully saturated rings. The molecule has 120 valence electrons. The van der Waals surface area contributed by atoms with Crippen LogP contribution in [-0.4, -0.2) is 28.6 Å². The van der Waals surface area contributed by atoms with Crippen LogP contribution in [0.3, 0.4) is 0 Å². The molecule has 0 aliphatic rings. The van der Waals surface area contributed by atoms with E-state index in [1.165, 1.54) is 12.8 Å². The molecule has 0 aliphatic carbocycles. The van der Waals surface area contributed by atoms with Crippen LogP contribution in [0.2, 0.25) is 0 Å². The van der Waals surface area contributed by atoms with Crippen LogP contribution in [0, 0.1) is 5.92 Å². The molecule has 0 saturated heterocycles. The Balaban J connectivity index is 2.66. The first-order chi connectivity index (χ1) is 9.89. The highest BCUT2D eigenvalue weighted by molar-refractivity contribution is 5.29. The van der Waals surface area contributed by atoms with Crippen molar-refractivity contribution in [2.45, 2.75) is 66.5 Å². The van der Waals surface area contributed by atoms with Gasteiger partial charge in [0.15, 0.2) is 0 Å². The van der Waals surface area contributed by atoms with Crippen LogP contribution in [-0.2, 0) is 6.54 Å². The molecule has 0 aliphatic heterocycles. The van der Waals surface area contributed by atoms with E-state index in [0.717, 1.165) is 37.1 Å². The SMILES string of the molecule is CCC(CC)CN(CC)c1ncc(CNC(C)(C)C)cn1. The van der Waals surface area contributed by atoms with Gasteiger partial charge in [0.2, 0.25) is 5.95 Å². The molecule has 4 nitrogen and oxygen atoms in total. The summed E-state index contributed by atoms with van der Waals surface area (Å²) in [6, 6.07) is 0. The number of anilines is 1. The standard InChI is InChI=1S/C17H32N4/c1-7-14(8-2)13-21(9-3)16-18-10-15(11-19-16)12-20-17(4,5)6/h10-11,14,20H,7-9,12-13H2,1-6H3. The number of nitrogens with one attached hydrogen (secondary N) is 1. The first-order valence-electron chi connectivity index (χ1n) is 8.20. The first-order valence-corrected chi connectivity index (χ1v) is 8.20. The highest BCUT2D eigenvalue weighted by Gasteiger charge is 2.13. The van der Waals surface area contributed by atoms with Gasteiger partial charge in [-0.15, -0.1) is 0 Å². The second-order valence-corrected chi connectivity index (χ2v) is 6.72. The van der Waals surface area contributed by atoms with Gasteiger partial charge in [0.05, 0.1) is 0 Å². The third kappa shape index (κ3) is 6.42. The first kappa shape index (κ1) is 17.9. The van der Waals surface area contributed by atoms with Crippen LogP contribution in [0.4, 0.5) is 5.95 Å². The Kier molecular flexibility index (Phi) is 7.09. The van der Waals surface area contributed by atoms with Gasteiger partial charge in [0.1, 0.15) is 0 Å². The van der Waals surface area contributed by atoms with Crippen molar-refractivity contribution >= 4 is 5.95 Å². The second-order valence-electron chi connectivity index (χ2n) is 6.72. The van der Waals surface area contributed by atoms with Crippen LogP contribution >= 0.6 is 0 Å². The number of nitrogens with zero attached hydrogens (tertiary/aromatic N) is 3. The van der Waals surface area contributed by atoms with Crippen LogP contribution in [0.25, 0.3) is 0 Å². The summed E-state index contributed by atoms with van der Waals surface area (Å²) in [5.41, 5.74) is 1.25. The van der Waals surface area contributed by atoms with Crippen molar-refractivity contribution in [3.05, 3.63) is 18.0 Å². The lowest BCUT2D eigenvalue weighted by Crippen LogP contribution is -2.35. The molecule has 0 amide bonds. The van der Waals surface area contributed by atoms with E-state index >= 15 is 0 Å². The zero-order valence-electron chi connectivity index (χ0n) is 14.6. The molecule has 1 rings (SSSR count). The summed E-state index contributed by atoms with van der Waals surface area (Å²) in [6.45, 7) is 16.0. The van der Waals surface area contributed by atoms with Crippen molar-refractivity contribution in [2.75, 3.05) is 18.0 Å². The van der Waals surface area contributed by atoms with Crippen LogP contribution in [0.15, 0.2) is 12.4 Å². The molecular weight excluding hydrogens is 260 g/mol. The third-order valence-corrected chi connectivity index (χ3v) is 3.81. The summed E-state index contributed by atoms with van der Waals surface area (Å²) in [4.78, 5) is 11.4. The van der Waals surface area contributed by atoms with E-state index in [2.05, 4.69) is 61.7 Å². The van der Waals surface area contributed by atoms with Gasteiger partial charge in [0, 0.05) is 43.1 Å². The van der Waals surface area contributed by atoms with Crippen molar-refractivity contribution in [1.29, 1.82) is 0 Å². The Morgan fingerprint density at radius 1 is 1.10 bits per heavy atom. The Morgan fingerprint density at radius 3 is 2.10 bits per heavy atom. The van der Waals surface area contributed by atoms with Crippen LogP contribution in [0.5, 0.6) is 0 Å². The maximum atomic E-state index is 4.55. The lowest BCUT2D eigenvalue weighted by Gasteiger charge is -2.25. The van der Waals surface area contributed by atoms with Crippen LogP contribution < -0.4 is 10.2 Å². The zero-order chi connectivity index (χ0) is 15.9. The quantitative estimate of drug-likeness (QED) is 0.794. The highest BCUT2D eigenvalue weighted by Crippen LogP contribution is 2.14. The molecule has 1 N–H and O–H groups in total. The Morgan fingerprint density at radius 2 is 1.67 bits per heavy atom. The zero-order valence-corrected chi connectivity index (χ0v) is 14.6. The molecule has 1 heterocycles. The number of hydrogen-bond acceptors (Lipinski definition) is 4. The smallest absolute Gasteiger partial charge is 0.225 e. The minimum atomic E-state index is 0.115. The van der Waals surface area contributed by atoms with Crippen molar-refractivity contribution in [3.8, 4) is 0 Å². The molecule has 21 heavy (non-hydrogen) atoms. The molecule has 1 aromatic rings. The van der Waals surface area contributed by atoms with Gasteiger partial charge in [-0.05, 0) is 33.6 Å². The summed E-state index contributed by atoms with van der Waals surface area (Å²) in [5.74, 6) is 1.57. The summed E-state index contributed by atoms with van der Waals surface area (Å²) >= 11 is 0. The lowest BCUT2D eigenvalue weighted by molar-refractivity contribution is 0.423. The maximum absolute atomic E-state index is 4.55. The number of aromatic nitrogens is 2. The molecular formula is C17H32N4. The van der Waals surface area contributed by atoms with Crippen molar-refractivity contribution in [2.24, 2.45) is 5.92 Å². The van der Waals surface area contributed by atoms with E-state index in [0.29, 0.717) is 0 Å². The normalized spacial score (nSPS) is 12.0. The lowest BCUT2D eigenvalue weighted by atomic mass is 10.0. The molecule has 0 saturated carbocycles. The largest absolute Gasteiger partial charge is 0.341 e. The van der Waals surface area contributed by atoms with E-state index in [9.17, 15) is 0 Å². The molecule has 0 radical (unpaired) electrons. The fourth-order valence-electron chi connectivity index (χ4n) is 2.18. The maximum Gasteiger partial charge on any atom is 0.225 e. The van der Waals surface area contributed by atoms with Crippen molar-refractivity contribution in [1.82, 2.24) is 15.3 Å². The second kappa shape index (κ2) is 8.32. The van der Waals surface area contributed by atoms with Gasteiger partial charge >= 0.3 is 0 Å². The van der Waals surface area contributed by atoms with Gasteiger partial charge in [-0.2, -0.15) is 0 Å². The molecule has 0 bridgehead atoms. The molecule has 0 spiro atoms. The Hall–Kier alpha value is -1.16. The molecule has 0 aromatic carbocycles. The summed E-state index contributed by atoms with van der Waals surface area (Å²) in [5, 5.41) is 3.46. The predicted molar refractivity (Wildman–Crippen MR) is 90.6 cm³/mol. The van der Waals surface area contributed by atoms with E-state index in [4.69, 9.17) is 0 Å². The van der Waals surface area contributed by atoms with Gasteiger partial charge in [0.25, 0.3) is 0 Å². The molecule has 4 heteroatoms. The number of hydrogen-bond donors (Lipinski definition) is 1. The predicted octanol–water partition coefficient (Wildman–Crippen LogP) is 3.63. The summed E-state index contributed by atoms with van der Waals surface area (Å²) < 4.78 is 0. The average molecular weight is 292 g/mol.